The lowest BCUT2D eigenvalue weighted by Crippen LogP contribution is -2.06. The van der Waals surface area contributed by atoms with E-state index in [1.54, 1.807) is 0 Å². The number of benzene rings is 2. The summed E-state index contributed by atoms with van der Waals surface area (Å²) in [5.74, 6) is 2.61. The van der Waals surface area contributed by atoms with Gasteiger partial charge in [-0.1, -0.05) is 67.8 Å². The van der Waals surface area contributed by atoms with Crippen LogP contribution < -0.4 is 4.74 Å². The van der Waals surface area contributed by atoms with Crippen molar-refractivity contribution in [3.8, 4) is 11.5 Å². The van der Waals surface area contributed by atoms with E-state index in [9.17, 15) is 0 Å². The third-order valence-electron chi connectivity index (χ3n) is 4.45. The molecule has 0 spiro atoms. The predicted molar refractivity (Wildman–Crippen MR) is 93.5 cm³/mol. The molecule has 0 N–H and O–H groups in total. The van der Waals surface area contributed by atoms with Gasteiger partial charge in [-0.15, -0.1) is 0 Å². The first kappa shape index (κ1) is 14.9. The molecule has 0 atom stereocenters. The van der Waals surface area contributed by atoms with E-state index in [1.165, 1.54) is 37.7 Å². The van der Waals surface area contributed by atoms with Crippen LogP contribution in [0.3, 0.4) is 0 Å². The fraction of sp³-hybridized carbons (Fsp3) is 0.333. The van der Waals surface area contributed by atoms with E-state index < -0.39 is 0 Å². The zero-order chi connectivity index (χ0) is 15.2. The van der Waals surface area contributed by atoms with Crippen LogP contribution >= 0.6 is 0 Å². The molecule has 3 rings (SSSR count). The van der Waals surface area contributed by atoms with Crippen LogP contribution in [0.4, 0.5) is 0 Å². The molecule has 1 nitrogen and oxygen atoms in total. The summed E-state index contributed by atoms with van der Waals surface area (Å²) in [6, 6.07) is 16.8. The van der Waals surface area contributed by atoms with E-state index >= 15 is 0 Å². The lowest BCUT2D eigenvalue weighted by molar-refractivity contribution is 0.418. The molecule has 0 saturated heterocycles. The minimum atomic E-state index is 0.652. The summed E-state index contributed by atoms with van der Waals surface area (Å²) in [6.45, 7) is 2.03. The number of para-hydroxylation sites is 2. The number of allylic oxidation sites excluding steroid dienone is 1. The smallest absolute Gasteiger partial charge is 0.134 e. The van der Waals surface area contributed by atoms with Gasteiger partial charge < -0.3 is 4.74 Å². The zero-order valence-corrected chi connectivity index (χ0v) is 13.3. The molecule has 1 saturated carbocycles. The molecule has 0 bridgehead atoms. The van der Waals surface area contributed by atoms with E-state index in [4.69, 9.17) is 4.74 Å². The van der Waals surface area contributed by atoms with Crippen LogP contribution in [0.2, 0.25) is 0 Å². The highest BCUT2D eigenvalue weighted by Crippen LogP contribution is 2.39. The summed E-state index contributed by atoms with van der Waals surface area (Å²) in [5, 5.41) is 0. The van der Waals surface area contributed by atoms with Crippen molar-refractivity contribution in [1.82, 2.24) is 0 Å². The van der Waals surface area contributed by atoms with Crippen molar-refractivity contribution < 1.29 is 4.74 Å². The maximum absolute atomic E-state index is 6.30. The van der Waals surface area contributed by atoms with Gasteiger partial charge in [-0.2, -0.15) is 0 Å². The molecule has 0 amide bonds. The van der Waals surface area contributed by atoms with Crippen LogP contribution in [0, 0.1) is 0 Å². The van der Waals surface area contributed by atoms with Gasteiger partial charge in [0.05, 0.1) is 0 Å². The second-order valence-corrected chi connectivity index (χ2v) is 6.01. The monoisotopic (exact) mass is 292 g/mol. The standard InChI is InChI=1S/C21H24O/c1-2-10-18-13-6-8-15-20(18)22-21-16-9-7-14-19(21)17-11-4-3-5-12-17/h2,6-10,13-17H,3-5,11-12H2,1H3. The molecule has 0 radical (unpaired) electrons. The van der Waals surface area contributed by atoms with Crippen molar-refractivity contribution in [2.45, 2.75) is 44.9 Å². The van der Waals surface area contributed by atoms with Crippen LogP contribution in [-0.4, -0.2) is 0 Å². The number of hydrogen-bond donors (Lipinski definition) is 0. The predicted octanol–water partition coefficient (Wildman–Crippen LogP) is 6.56. The maximum Gasteiger partial charge on any atom is 0.134 e. The Morgan fingerprint density at radius 2 is 1.55 bits per heavy atom. The van der Waals surface area contributed by atoms with E-state index in [2.05, 4.69) is 48.6 Å². The highest BCUT2D eigenvalue weighted by atomic mass is 16.5. The SMILES string of the molecule is CC=Cc1ccccc1Oc1ccccc1C1CCCCC1. The van der Waals surface area contributed by atoms with Gasteiger partial charge in [0.15, 0.2) is 0 Å². The Labute approximate surface area is 133 Å². The average Bonchev–Trinajstić information content (AvgIpc) is 2.58. The maximum atomic E-state index is 6.30. The molecular formula is C21H24O. The Kier molecular flexibility index (Phi) is 4.95. The van der Waals surface area contributed by atoms with Gasteiger partial charge in [-0.25, -0.2) is 0 Å². The summed E-state index contributed by atoms with van der Waals surface area (Å²) in [4.78, 5) is 0. The summed E-state index contributed by atoms with van der Waals surface area (Å²) in [6.07, 6.45) is 10.8. The van der Waals surface area contributed by atoms with E-state index in [0.29, 0.717) is 5.92 Å². The first-order valence-electron chi connectivity index (χ1n) is 8.37. The highest BCUT2D eigenvalue weighted by molar-refractivity contribution is 5.58. The second-order valence-electron chi connectivity index (χ2n) is 6.01. The number of ether oxygens (including phenoxy) is 1. The molecule has 1 heteroatoms. The molecule has 0 aromatic heterocycles. The molecule has 22 heavy (non-hydrogen) atoms. The van der Waals surface area contributed by atoms with Crippen molar-refractivity contribution in [3.63, 3.8) is 0 Å². The van der Waals surface area contributed by atoms with Crippen LogP contribution in [0.5, 0.6) is 11.5 Å². The van der Waals surface area contributed by atoms with Crippen molar-refractivity contribution in [1.29, 1.82) is 0 Å². The van der Waals surface area contributed by atoms with Crippen LogP contribution in [0.1, 0.15) is 56.1 Å². The zero-order valence-electron chi connectivity index (χ0n) is 13.3. The van der Waals surface area contributed by atoms with Gasteiger partial charge in [0.25, 0.3) is 0 Å². The summed E-state index contributed by atoms with van der Waals surface area (Å²) in [5.41, 5.74) is 2.50. The molecular weight excluding hydrogens is 268 g/mol. The number of hydrogen-bond acceptors (Lipinski definition) is 1. The highest BCUT2D eigenvalue weighted by Gasteiger charge is 2.19. The molecule has 2 aromatic carbocycles. The Hall–Kier alpha value is -2.02. The molecule has 2 aromatic rings. The molecule has 1 fully saturated rings. The third-order valence-corrected chi connectivity index (χ3v) is 4.45. The summed E-state index contributed by atoms with van der Waals surface area (Å²) in [7, 11) is 0. The average molecular weight is 292 g/mol. The largest absolute Gasteiger partial charge is 0.456 e. The Morgan fingerprint density at radius 3 is 2.32 bits per heavy atom. The van der Waals surface area contributed by atoms with Gasteiger partial charge in [-0.3, -0.25) is 0 Å². The molecule has 1 aliphatic carbocycles. The van der Waals surface area contributed by atoms with Gasteiger partial charge in [-0.05, 0) is 43.4 Å². The van der Waals surface area contributed by atoms with Gasteiger partial charge in [0.2, 0.25) is 0 Å². The molecule has 0 unspecified atom stereocenters. The Balaban J connectivity index is 1.89. The van der Waals surface area contributed by atoms with Crippen LogP contribution in [0.25, 0.3) is 6.08 Å². The first-order valence-corrected chi connectivity index (χ1v) is 8.37. The minimum Gasteiger partial charge on any atom is -0.456 e. The quantitative estimate of drug-likeness (QED) is 0.620. The number of rotatable bonds is 4. The van der Waals surface area contributed by atoms with E-state index in [0.717, 1.165) is 17.1 Å². The molecule has 1 aliphatic rings. The fourth-order valence-corrected chi connectivity index (χ4v) is 3.33. The van der Waals surface area contributed by atoms with Crippen LogP contribution in [0.15, 0.2) is 54.6 Å². The molecule has 0 aliphatic heterocycles. The normalized spacial score (nSPS) is 16.0. The lowest BCUT2D eigenvalue weighted by Gasteiger charge is -2.24. The topological polar surface area (TPSA) is 9.23 Å². The first-order chi connectivity index (χ1) is 10.9. The van der Waals surface area contributed by atoms with Gasteiger partial charge >= 0.3 is 0 Å². The van der Waals surface area contributed by atoms with Gasteiger partial charge in [0.1, 0.15) is 11.5 Å². The third kappa shape index (κ3) is 3.41. The van der Waals surface area contributed by atoms with Crippen molar-refractivity contribution in [2.75, 3.05) is 0 Å². The lowest BCUT2D eigenvalue weighted by atomic mass is 9.84. The van der Waals surface area contributed by atoms with Crippen molar-refractivity contribution in [3.05, 3.63) is 65.7 Å². The molecule has 114 valence electrons. The second kappa shape index (κ2) is 7.31. The molecule has 0 heterocycles. The van der Waals surface area contributed by atoms with Crippen molar-refractivity contribution >= 4 is 6.08 Å². The fourth-order valence-electron chi connectivity index (χ4n) is 3.33. The minimum absolute atomic E-state index is 0.652. The van der Waals surface area contributed by atoms with E-state index in [-0.39, 0.29) is 0 Å². The summed E-state index contributed by atoms with van der Waals surface area (Å²) < 4.78 is 6.30. The summed E-state index contributed by atoms with van der Waals surface area (Å²) >= 11 is 0. The van der Waals surface area contributed by atoms with Gasteiger partial charge in [0, 0.05) is 5.56 Å². The Morgan fingerprint density at radius 1 is 0.864 bits per heavy atom. The van der Waals surface area contributed by atoms with E-state index in [1.807, 2.05) is 19.1 Å². The van der Waals surface area contributed by atoms with Crippen molar-refractivity contribution in [2.24, 2.45) is 0 Å². The van der Waals surface area contributed by atoms with Crippen LogP contribution in [-0.2, 0) is 0 Å². The Bertz CT molecular complexity index is 636.